The van der Waals surface area contributed by atoms with Gasteiger partial charge in [-0.05, 0) is 12.0 Å². The average Bonchev–Trinajstić information content (AvgIpc) is 3.03. The summed E-state index contributed by atoms with van der Waals surface area (Å²) in [6.07, 6.45) is 0.379. The molecule has 1 amide bonds. The van der Waals surface area contributed by atoms with Gasteiger partial charge >= 0.3 is 0 Å². The minimum atomic E-state index is -1.21. The van der Waals surface area contributed by atoms with Crippen LogP contribution in [0, 0.1) is 5.92 Å². The number of carbonyl (C=O) groups excluding carboxylic acids is 2. The fourth-order valence-electron chi connectivity index (χ4n) is 4.63. The number of nitrogens with one attached hydrogen (secondary N) is 1. The van der Waals surface area contributed by atoms with Gasteiger partial charge < -0.3 is 29.7 Å². The first kappa shape index (κ1) is 19.7. The van der Waals surface area contributed by atoms with Gasteiger partial charge in [-0.3, -0.25) is 4.79 Å². The molecular formula is C20H27N3O4S. The molecule has 152 valence electrons. The Balaban J connectivity index is 1.50. The molecule has 0 aliphatic carbocycles. The van der Waals surface area contributed by atoms with Crippen LogP contribution in [-0.2, 0) is 16.1 Å². The SMILES string of the molecule is C[N+]1(Cc2ccc(C3S[C@@H]4[C@@H](CCO)C(=O)N4C3C(=O)[O-])cc2)CCNCC1. The van der Waals surface area contributed by atoms with E-state index < -0.39 is 12.0 Å². The van der Waals surface area contributed by atoms with Crippen molar-refractivity contribution in [2.45, 2.75) is 29.6 Å². The highest BCUT2D eigenvalue weighted by Gasteiger charge is 2.58. The number of quaternary nitrogens is 1. The van der Waals surface area contributed by atoms with E-state index in [1.54, 1.807) is 0 Å². The second kappa shape index (κ2) is 7.67. The number of rotatable bonds is 6. The van der Waals surface area contributed by atoms with Crippen LogP contribution in [0.15, 0.2) is 24.3 Å². The van der Waals surface area contributed by atoms with Crippen molar-refractivity contribution < 1.29 is 24.3 Å². The van der Waals surface area contributed by atoms with Gasteiger partial charge in [0.15, 0.2) is 0 Å². The molecule has 2 N–H and O–H groups in total. The number of aliphatic carboxylic acids is 1. The summed E-state index contributed by atoms with van der Waals surface area (Å²) in [6.45, 7) is 5.14. The smallest absolute Gasteiger partial charge is 0.230 e. The Labute approximate surface area is 169 Å². The first-order chi connectivity index (χ1) is 13.4. The number of amides is 1. The van der Waals surface area contributed by atoms with E-state index in [0.717, 1.165) is 42.8 Å². The third-order valence-corrected chi connectivity index (χ3v) is 7.93. The number of aliphatic hydroxyl groups excluding tert-OH is 1. The summed E-state index contributed by atoms with van der Waals surface area (Å²) in [7, 11) is 2.27. The number of hydrogen-bond donors (Lipinski definition) is 2. The molecule has 3 saturated heterocycles. The summed E-state index contributed by atoms with van der Waals surface area (Å²) >= 11 is 1.50. The van der Waals surface area contributed by atoms with Crippen LogP contribution < -0.4 is 10.4 Å². The Bertz CT molecular complexity index is 750. The maximum atomic E-state index is 12.3. The molecule has 3 heterocycles. The predicted molar refractivity (Wildman–Crippen MR) is 104 cm³/mol. The molecule has 1 aromatic carbocycles. The number of aliphatic hydroxyl groups is 1. The zero-order valence-electron chi connectivity index (χ0n) is 16.0. The van der Waals surface area contributed by atoms with Crippen molar-refractivity contribution in [2.75, 3.05) is 39.8 Å². The van der Waals surface area contributed by atoms with Crippen LogP contribution in [0.4, 0.5) is 0 Å². The van der Waals surface area contributed by atoms with Crippen molar-refractivity contribution in [1.29, 1.82) is 0 Å². The van der Waals surface area contributed by atoms with Crippen LogP contribution in [0.3, 0.4) is 0 Å². The predicted octanol–water partition coefficient (Wildman–Crippen LogP) is -0.690. The zero-order chi connectivity index (χ0) is 19.9. The van der Waals surface area contributed by atoms with Crippen molar-refractivity contribution in [3.63, 3.8) is 0 Å². The fraction of sp³-hybridized carbons (Fsp3) is 0.600. The molecule has 0 bridgehead atoms. The monoisotopic (exact) mass is 405 g/mol. The maximum absolute atomic E-state index is 12.3. The Kier molecular flexibility index (Phi) is 5.39. The van der Waals surface area contributed by atoms with E-state index in [1.807, 2.05) is 12.1 Å². The number of hydrogen-bond acceptors (Lipinski definition) is 6. The molecule has 0 spiro atoms. The number of likely N-dealkylation sites (N-methyl/N-ethyl adjacent to an activating group) is 1. The van der Waals surface area contributed by atoms with Crippen LogP contribution in [0.5, 0.6) is 0 Å². The van der Waals surface area contributed by atoms with Crippen LogP contribution in [0.25, 0.3) is 0 Å². The highest BCUT2D eigenvalue weighted by molar-refractivity contribution is 8.00. The summed E-state index contributed by atoms with van der Waals surface area (Å²) in [4.78, 5) is 25.6. The normalized spacial score (nSPS) is 31.4. The fourth-order valence-corrected chi connectivity index (χ4v) is 6.44. The van der Waals surface area contributed by atoms with Gasteiger partial charge in [0.25, 0.3) is 0 Å². The van der Waals surface area contributed by atoms with Gasteiger partial charge in [-0.2, -0.15) is 0 Å². The molecule has 4 atom stereocenters. The van der Waals surface area contributed by atoms with Gasteiger partial charge in [-0.1, -0.05) is 24.3 Å². The lowest BCUT2D eigenvalue weighted by Gasteiger charge is -2.44. The number of nitrogens with zero attached hydrogens (tertiary/aromatic N) is 2. The van der Waals surface area contributed by atoms with E-state index >= 15 is 0 Å². The first-order valence-corrected chi connectivity index (χ1v) is 10.8. The van der Waals surface area contributed by atoms with Gasteiger partial charge in [-0.15, -0.1) is 11.8 Å². The van der Waals surface area contributed by atoms with E-state index in [1.165, 1.54) is 22.2 Å². The number of benzene rings is 1. The molecule has 3 aliphatic rings. The van der Waals surface area contributed by atoms with Crippen molar-refractivity contribution >= 4 is 23.6 Å². The van der Waals surface area contributed by atoms with Gasteiger partial charge in [0.1, 0.15) is 6.54 Å². The van der Waals surface area contributed by atoms with Crippen LogP contribution in [0.1, 0.15) is 22.8 Å². The number of carbonyl (C=O) groups is 2. The number of carboxylic acid groups (broad SMARTS) is 1. The summed E-state index contributed by atoms with van der Waals surface area (Å²) < 4.78 is 0.999. The Morgan fingerprint density at radius 2 is 2.00 bits per heavy atom. The Morgan fingerprint density at radius 1 is 1.32 bits per heavy atom. The van der Waals surface area contributed by atoms with E-state index in [4.69, 9.17) is 5.11 Å². The number of carboxylic acids is 1. The van der Waals surface area contributed by atoms with Gasteiger partial charge in [-0.25, -0.2) is 0 Å². The third kappa shape index (κ3) is 3.43. The molecule has 0 aromatic heterocycles. The Morgan fingerprint density at radius 3 is 2.61 bits per heavy atom. The molecule has 3 fully saturated rings. The number of thioether (sulfide) groups is 1. The second-order valence-electron chi connectivity index (χ2n) is 8.29. The lowest BCUT2D eigenvalue weighted by molar-refractivity contribution is -0.924. The minimum Gasteiger partial charge on any atom is -0.548 e. The Hall–Kier alpha value is -1.61. The van der Waals surface area contributed by atoms with Crippen molar-refractivity contribution in [3.8, 4) is 0 Å². The topological polar surface area (TPSA) is 92.7 Å². The minimum absolute atomic E-state index is 0.0663. The first-order valence-electron chi connectivity index (χ1n) is 9.86. The van der Waals surface area contributed by atoms with Gasteiger partial charge in [0, 0.05) is 25.3 Å². The van der Waals surface area contributed by atoms with E-state index in [-0.39, 0.29) is 29.1 Å². The second-order valence-corrected chi connectivity index (χ2v) is 9.55. The third-order valence-electron chi connectivity index (χ3n) is 6.27. The van der Waals surface area contributed by atoms with Crippen LogP contribution in [0.2, 0.25) is 0 Å². The lowest BCUT2D eigenvalue weighted by atomic mass is 9.91. The van der Waals surface area contributed by atoms with Gasteiger partial charge in [0.2, 0.25) is 5.91 Å². The maximum Gasteiger partial charge on any atom is 0.230 e. The molecule has 8 heteroatoms. The number of fused-ring (bicyclic) bond motifs is 1. The molecule has 4 rings (SSSR count). The van der Waals surface area contributed by atoms with Crippen molar-refractivity contribution in [2.24, 2.45) is 5.92 Å². The van der Waals surface area contributed by atoms with Gasteiger partial charge in [0.05, 0.1) is 48.7 Å². The lowest BCUT2D eigenvalue weighted by Crippen LogP contribution is -2.63. The van der Waals surface area contributed by atoms with Crippen molar-refractivity contribution in [3.05, 3.63) is 35.4 Å². The molecule has 28 heavy (non-hydrogen) atoms. The highest BCUT2D eigenvalue weighted by atomic mass is 32.2. The van der Waals surface area contributed by atoms with Crippen LogP contribution in [-0.4, -0.2) is 77.6 Å². The molecule has 2 unspecified atom stereocenters. The molecule has 3 aliphatic heterocycles. The summed E-state index contributed by atoms with van der Waals surface area (Å²) in [5.41, 5.74) is 2.15. The van der Waals surface area contributed by atoms with E-state index in [2.05, 4.69) is 24.5 Å². The van der Waals surface area contributed by atoms with E-state index in [0.29, 0.717) is 6.42 Å². The molecular weight excluding hydrogens is 378 g/mol. The summed E-state index contributed by atoms with van der Waals surface area (Å²) in [6, 6.07) is 7.21. The number of β-lactam (4-membered cyclic amide) rings is 1. The number of piperazine rings is 1. The summed E-state index contributed by atoms with van der Waals surface area (Å²) in [5.74, 6) is -1.69. The highest BCUT2D eigenvalue weighted by Crippen LogP contribution is 2.54. The molecule has 0 saturated carbocycles. The van der Waals surface area contributed by atoms with Crippen molar-refractivity contribution in [1.82, 2.24) is 10.2 Å². The standard InChI is InChI=1S/C20H27N3O4S/c1-23(9-7-21-8-10-23)12-13-2-4-14(5-3-13)17-16(20(26)27)22-18(25)15(6-11-24)19(22)28-17/h2-5,15-17,19,21,24H,6-12H2,1H3/t15-,16?,17?,19+/m0/s1. The summed E-state index contributed by atoms with van der Waals surface area (Å²) in [5, 5.41) is 23.8. The quantitative estimate of drug-likeness (QED) is 0.481. The molecule has 7 nitrogen and oxygen atoms in total. The average molecular weight is 406 g/mol. The zero-order valence-corrected chi connectivity index (χ0v) is 16.9. The van der Waals surface area contributed by atoms with E-state index in [9.17, 15) is 14.7 Å². The largest absolute Gasteiger partial charge is 0.548 e. The molecule has 0 radical (unpaired) electrons. The van der Waals surface area contributed by atoms with Crippen LogP contribution >= 0.6 is 11.8 Å². The molecule has 1 aromatic rings.